The number of carbonyl (C=O) groups excluding carboxylic acids is 2. The Morgan fingerprint density at radius 1 is 1.00 bits per heavy atom. The van der Waals surface area contributed by atoms with E-state index in [-0.39, 0.29) is 27.7 Å². The van der Waals surface area contributed by atoms with Gasteiger partial charge in [0, 0.05) is 24.1 Å². The Hall–Kier alpha value is -3.84. The van der Waals surface area contributed by atoms with Crippen molar-refractivity contribution in [3.05, 3.63) is 88.7 Å². The van der Waals surface area contributed by atoms with Gasteiger partial charge in [-0.05, 0) is 35.9 Å². The zero-order valence-electron chi connectivity index (χ0n) is 17.3. The standard InChI is InChI=1S/C24H19ClN2O5/c1-31-18-13-17(25)19(32-2)12-16(18)22(28)20-21(14-8-10-26-11-9-14)27(24(30)23(20)29)15-6-4-3-5-7-15/h3-13,21,28H,1-2H3/b22-20+. The Morgan fingerprint density at radius 2 is 1.66 bits per heavy atom. The maximum absolute atomic E-state index is 13.2. The molecule has 4 rings (SSSR count). The highest BCUT2D eigenvalue weighted by atomic mass is 35.5. The van der Waals surface area contributed by atoms with Crippen molar-refractivity contribution >= 4 is 34.7 Å². The number of aromatic nitrogens is 1. The zero-order chi connectivity index (χ0) is 22.8. The van der Waals surface area contributed by atoms with E-state index in [4.69, 9.17) is 21.1 Å². The highest BCUT2D eigenvalue weighted by Crippen LogP contribution is 2.44. The summed E-state index contributed by atoms with van der Waals surface area (Å²) < 4.78 is 10.6. The summed E-state index contributed by atoms with van der Waals surface area (Å²) in [6, 6.07) is 14.3. The topological polar surface area (TPSA) is 89.0 Å². The number of para-hydroxylation sites is 1. The van der Waals surface area contributed by atoms with Crippen molar-refractivity contribution in [2.45, 2.75) is 6.04 Å². The van der Waals surface area contributed by atoms with Gasteiger partial charge in [-0.3, -0.25) is 19.5 Å². The first-order valence-corrected chi connectivity index (χ1v) is 10.0. The molecule has 0 radical (unpaired) electrons. The van der Waals surface area contributed by atoms with Gasteiger partial charge in [0.05, 0.1) is 36.4 Å². The van der Waals surface area contributed by atoms with Gasteiger partial charge in [0.25, 0.3) is 11.7 Å². The lowest BCUT2D eigenvalue weighted by Crippen LogP contribution is -2.29. The summed E-state index contributed by atoms with van der Waals surface area (Å²) in [4.78, 5) is 31.7. The number of carbonyl (C=O) groups is 2. The van der Waals surface area contributed by atoms with E-state index in [0.29, 0.717) is 11.3 Å². The molecule has 0 spiro atoms. The molecule has 1 saturated heterocycles. The number of Topliss-reactive ketones (excluding diaryl/α,β-unsaturated/α-hetero) is 1. The number of ether oxygens (including phenoxy) is 2. The van der Waals surface area contributed by atoms with Crippen LogP contribution in [0, 0.1) is 0 Å². The Morgan fingerprint density at radius 3 is 2.28 bits per heavy atom. The van der Waals surface area contributed by atoms with E-state index in [1.165, 1.54) is 31.3 Å². The normalized spacial score (nSPS) is 17.5. The lowest BCUT2D eigenvalue weighted by molar-refractivity contribution is -0.132. The third kappa shape index (κ3) is 3.56. The van der Waals surface area contributed by atoms with Crippen LogP contribution in [-0.2, 0) is 9.59 Å². The van der Waals surface area contributed by atoms with E-state index in [9.17, 15) is 14.7 Å². The minimum Gasteiger partial charge on any atom is -0.507 e. The van der Waals surface area contributed by atoms with Crippen LogP contribution in [0.15, 0.2) is 72.6 Å². The molecule has 0 aliphatic carbocycles. The number of ketones is 1. The van der Waals surface area contributed by atoms with Crippen molar-refractivity contribution in [3.8, 4) is 11.5 Å². The first-order chi connectivity index (χ1) is 15.5. The fourth-order valence-electron chi connectivity index (χ4n) is 3.74. The largest absolute Gasteiger partial charge is 0.507 e. The van der Waals surface area contributed by atoms with Crippen molar-refractivity contribution in [2.24, 2.45) is 0 Å². The quantitative estimate of drug-likeness (QED) is 0.352. The SMILES string of the molecule is COc1cc(/C(O)=C2\C(=O)C(=O)N(c3ccccc3)C2c2ccncc2)c(OC)cc1Cl. The van der Waals surface area contributed by atoms with Crippen LogP contribution in [0.3, 0.4) is 0 Å². The molecule has 2 heterocycles. The second-order valence-electron chi connectivity index (χ2n) is 6.97. The molecule has 1 atom stereocenters. The van der Waals surface area contributed by atoms with Crippen molar-refractivity contribution in [2.75, 3.05) is 19.1 Å². The Labute approximate surface area is 189 Å². The number of aliphatic hydroxyl groups excluding tert-OH is 1. The number of methoxy groups -OCH3 is 2. The summed E-state index contributed by atoms with van der Waals surface area (Å²) in [6.07, 6.45) is 3.12. The lowest BCUT2D eigenvalue weighted by atomic mass is 9.95. The van der Waals surface area contributed by atoms with Crippen molar-refractivity contribution in [1.82, 2.24) is 4.98 Å². The van der Waals surface area contributed by atoms with Gasteiger partial charge in [0.1, 0.15) is 17.3 Å². The summed E-state index contributed by atoms with van der Waals surface area (Å²) in [5.41, 5.74) is 1.24. The molecular formula is C24H19ClN2O5. The summed E-state index contributed by atoms with van der Waals surface area (Å²) in [5, 5.41) is 11.6. The van der Waals surface area contributed by atoms with Gasteiger partial charge in [0.2, 0.25) is 0 Å². The maximum atomic E-state index is 13.2. The van der Waals surface area contributed by atoms with Crippen LogP contribution in [0.25, 0.3) is 5.76 Å². The monoisotopic (exact) mass is 450 g/mol. The molecule has 1 fully saturated rings. The second kappa shape index (κ2) is 8.72. The molecule has 162 valence electrons. The molecule has 0 saturated carbocycles. The van der Waals surface area contributed by atoms with E-state index in [1.54, 1.807) is 48.8 Å². The third-order valence-corrected chi connectivity index (χ3v) is 5.53. The van der Waals surface area contributed by atoms with Gasteiger partial charge in [-0.2, -0.15) is 0 Å². The number of rotatable bonds is 5. The van der Waals surface area contributed by atoms with E-state index in [0.717, 1.165) is 0 Å². The summed E-state index contributed by atoms with van der Waals surface area (Å²) in [5.74, 6) is -1.45. The van der Waals surface area contributed by atoms with Gasteiger partial charge in [-0.1, -0.05) is 29.8 Å². The Bertz CT molecular complexity index is 1210. The number of halogens is 1. The molecule has 7 nitrogen and oxygen atoms in total. The van der Waals surface area contributed by atoms with Crippen LogP contribution in [0.1, 0.15) is 17.2 Å². The third-order valence-electron chi connectivity index (χ3n) is 5.23. The summed E-state index contributed by atoms with van der Waals surface area (Å²) in [7, 11) is 2.85. The predicted molar refractivity (Wildman–Crippen MR) is 120 cm³/mol. The van der Waals surface area contributed by atoms with Crippen LogP contribution >= 0.6 is 11.6 Å². The number of pyridine rings is 1. The number of aliphatic hydroxyl groups is 1. The molecule has 1 aliphatic rings. The molecule has 2 aromatic carbocycles. The van der Waals surface area contributed by atoms with Crippen LogP contribution < -0.4 is 14.4 Å². The highest BCUT2D eigenvalue weighted by molar-refractivity contribution is 6.51. The number of amides is 1. The molecule has 0 bridgehead atoms. The molecule has 32 heavy (non-hydrogen) atoms. The first-order valence-electron chi connectivity index (χ1n) is 9.65. The van der Waals surface area contributed by atoms with Gasteiger partial charge < -0.3 is 14.6 Å². The van der Waals surface area contributed by atoms with Crippen LogP contribution in [0.2, 0.25) is 5.02 Å². The molecular weight excluding hydrogens is 432 g/mol. The van der Waals surface area contributed by atoms with Gasteiger partial charge in [-0.15, -0.1) is 0 Å². The van der Waals surface area contributed by atoms with Crippen molar-refractivity contribution in [3.63, 3.8) is 0 Å². The van der Waals surface area contributed by atoms with Gasteiger partial charge >= 0.3 is 0 Å². The average Bonchev–Trinajstić information content (AvgIpc) is 3.10. The number of nitrogens with zero attached hydrogens (tertiary/aromatic N) is 2. The molecule has 8 heteroatoms. The Kier molecular flexibility index (Phi) is 5.83. The minimum atomic E-state index is -0.869. The average molecular weight is 451 g/mol. The second-order valence-corrected chi connectivity index (χ2v) is 7.38. The van der Waals surface area contributed by atoms with E-state index in [2.05, 4.69) is 4.98 Å². The van der Waals surface area contributed by atoms with E-state index >= 15 is 0 Å². The fraction of sp³-hybridized carbons (Fsp3) is 0.125. The lowest BCUT2D eigenvalue weighted by Gasteiger charge is -2.25. The number of hydrogen-bond acceptors (Lipinski definition) is 6. The summed E-state index contributed by atoms with van der Waals surface area (Å²) >= 11 is 6.19. The molecule has 1 amide bonds. The molecule has 1 unspecified atom stereocenters. The smallest absolute Gasteiger partial charge is 0.300 e. The van der Waals surface area contributed by atoms with E-state index in [1.807, 2.05) is 6.07 Å². The predicted octanol–water partition coefficient (Wildman–Crippen LogP) is 4.38. The number of hydrogen-bond donors (Lipinski definition) is 1. The molecule has 1 aliphatic heterocycles. The van der Waals surface area contributed by atoms with Crippen molar-refractivity contribution < 1.29 is 24.2 Å². The maximum Gasteiger partial charge on any atom is 0.300 e. The molecule has 1 aromatic heterocycles. The zero-order valence-corrected chi connectivity index (χ0v) is 18.0. The first kappa shape index (κ1) is 21.4. The van der Waals surface area contributed by atoms with Crippen LogP contribution in [-0.4, -0.2) is 36.0 Å². The molecule has 3 aromatic rings. The van der Waals surface area contributed by atoms with Gasteiger partial charge in [-0.25, -0.2) is 0 Å². The molecule has 1 N–H and O–H groups in total. The summed E-state index contributed by atoms with van der Waals surface area (Å²) in [6.45, 7) is 0. The van der Waals surface area contributed by atoms with E-state index < -0.39 is 23.5 Å². The van der Waals surface area contributed by atoms with Crippen LogP contribution in [0.4, 0.5) is 5.69 Å². The Balaban J connectivity index is 1.99. The van der Waals surface area contributed by atoms with Crippen molar-refractivity contribution in [1.29, 1.82) is 0 Å². The minimum absolute atomic E-state index is 0.0762. The number of benzene rings is 2. The fourth-order valence-corrected chi connectivity index (χ4v) is 3.97. The van der Waals surface area contributed by atoms with Gasteiger partial charge in [0.15, 0.2) is 0 Å². The van der Waals surface area contributed by atoms with Crippen LogP contribution in [0.5, 0.6) is 11.5 Å². The number of anilines is 1. The highest BCUT2D eigenvalue weighted by Gasteiger charge is 2.47.